The SMILES string of the molecule is C=C/C=C(/CC)CCC.CCCCC. The van der Waals surface area contributed by atoms with E-state index in [9.17, 15) is 0 Å². The van der Waals surface area contributed by atoms with Crippen molar-refractivity contribution >= 4 is 0 Å². The Morgan fingerprint density at radius 1 is 1.00 bits per heavy atom. The second kappa shape index (κ2) is 15.0. The highest BCUT2D eigenvalue weighted by Gasteiger charge is 1.87. The molecule has 0 heteroatoms. The van der Waals surface area contributed by atoms with Crippen molar-refractivity contribution < 1.29 is 0 Å². The molecule has 0 fully saturated rings. The van der Waals surface area contributed by atoms with Crippen LogP contribution in [0.1, 0.15) is 66.2 Å². The largest absolute Gasteiger partial charge is 0.0991 e. The quantitative estimate of drug-likeness (QED) is 0.492. The maximum atomic E-state index is 3.65. The van der Waals surface area contributed by atoms with Gasteiger partial charge in [-0.2, -0.15) is 0 Å². The van der Waals surface area contributed by atoms with Gasteiger partial charge in [0.15, 0.2) is 0 Å². The van der Waals surface area contributed by atoms with Gasteiger partial charge in [-0.25, -0.2) is 0 Å². The smallest absolute Gasteiger partial charge is 0.0320 e. The van der Waals surface area contributed by atoms with Crippen molar-refractivity contribution in [3.05, 3.63) is 24.3 Å². The third-order valence-corrected chi connectivity index (χ3v) is 2.09. The van der Waals surface area contributed by atoms with E-state index in [4.69, 9.17) is 0 Å². The molecule has 0 rings (SSSR count). The van der Waals surface area contributed by atoms with Gasteiger partial charge in [0.05, 0.1) is 0 Å². The monoisotopic (exact) mass is 196 g/mol. The first-order valence-electron chi connectivity index (χ1n) is 6.07. The summed E-state index contributed by atoms with van der Waals surface area (Å²) >= 11 is 0. The molecule has 0 heterocycles. The summed E-state index contributed by atoms with van der Waals surface area (Å²) in [5.41, 5.74) is 1.51. The molecule has 0 aromatic carbocycles. The molecule has 0 amide bonds. The molecular weight excluding hydrogens is 168 g/mol. The first-order chi connectivity index (χ1) is 6.76. The molecule has 0 unspecified atom stereocenters. The zero-order chi connectivity index (χ0) is 11.2. The second-order valence-electron chi connectivity index (χ2n) is 3.52. The maximum Gasteiger partial charge on any atom is -0.0320 e. The first kappa shape index (κ1) is 15.9. The average Bonchev–Trinajstić information content (AvgIpc) is 2.20. The molecule has 0 saturated carbocycles. The summed E-state index contributed by atoms with van der Waals surface area (Å²) in [4.78, 5) is 0. The summed E-state index contributed by atoms with van der Waals surface area (Å²) in [6.45, 7) is 12.5. The fourth-order valence-corrected chi connectivity index (χ4v) is 1.22. The van der Waals surface area contributed by atoms with Gasteiger partial charge >= 0.3 is 0 Å². The third kappa shape index (κ3) is 14.0. The zero-order valence-corrected chi connectivity index (χ0v) is 10.6. The number of hydrogen-bond acceptors (Lipinski definition) is 0. The van der Waals surface area contributed by atoms with Crippen LogP contribution in [0.15, 0.2) is 24.3 Å². The Bertz CT molecular complexity index is 129. The minimum atomic E-state index is 1.17. The Kier molecular flexibility index (Phi) is 17.0. The molecule has 0 atom stereocenters. The van der Waals surface area contributed by atoms with Gasteiger partial charge in [0.25, 0.3) is 0 Å². The number of hydrogen-bond donors (Lipinski definition) is 0. The molecule has 0 aromatic rings. The fraction of sp³-hybridized carbons (Fsp3) is 0.714. The van der Waals surface area contributed by atoms with Gasteiger partial charge in [-0.15, -0.1) is 0 Å². The van der Waals surface area contributed by atoms with Crippen molar-refractivity contribution in [3.63, 3.8) is 0 Å². The van der Waals surface area contributed by atoms with E-state index >= 15 is 0 Å². The molecule has 0 radical (unpaired) electrons. The van der Waals surface area contributed by atoms with Crippen molar-refractivity contribution in [2.24, 2.45) is 0 Å². The summed E-state index contributed by atoms with van der Waals surface area (Å²) in [5.74, 6) is 0. The van der Waals surface area contributed by atoms with Gasteiger partial charge in [-0.1, -0.05) is 77.7 Å². The Morgan fingerprint density at radius 3 is 1.79 bits per heavy atom. The van der Waals surface area contributed by atoms with Crippen LogP contribution in [0.2, 0.25) is 0 Å². The van der Waals surface area contributed by atoms with E-state index in [1.165, 1.54) is 44.1 Å². The van der Waals surface area contributed by atoms with Crippen molar-refractivity contribution in [2.75, 3.05) is 0 Å². The molecule has 0 aliphatic heterocycles. The molecule has 0 nitrogen and oxygen atoms in total. The molecule has 0 saturated heterocycles. The molecule has 0 spiro atoms. The number of unbranched alkanes of at least 4 members (excludes halogenated alkanes) is 2. The number of allylic oxidation sites excluding steroid dienone is 3. The Balaban J connectivity index is 0. The highest BCUT2D eigenvalue weighted by atomic mass is 13.9. The van der Waals surface area contributed by atoms with Crippen LogP contribution >= 0.6 is 0 Å². The maximum absolute atomic E-state index is 3.65. The Hall–Kier alpha value is -0.520. The van der Waals surface area contributed by atoms with Gasteiger partial charge in [0, 0.05) is 0 Å². The highest BCUT2D eigenvalue weighted by Crippen LogP contribution is 2.07. The lowest BCUT2D eigenvalue weighted by atomic mass is 10.1. The zero-order valence-electron chi connectivity index (χ0n) is 10.6. The van der Waals surface area contributed by atoms with E-state index < -0.39 is 0 Å². The minimum absolute atomic E-state index is 1.17. The molecule has 0 aliphatic carbocycles. The van der Waals surface area contributed by atoms with Gasteiger partial charge in [-0.3, -0.25) is 0 Å². The average molecular weight is 196 g/mol. The lowest BCUT2D eigenvalue weighted by Gasteiger charge is -1.97. The van der Waals surface area contributed by atoms with Crippen molar-refractivity contribution in [3.8, 4) is 0 Å². The second-order valence-corrected chi connectivity index (χ2v) is 3.52. The summed E-state index contributed by atoms with van der Waals surface area (Å²) in [6.07, 6.45) is 11.7. The van der Waals surface area contributed by atoms with Crippen LogP contribution in [0.25, 0.3) is 0 Å². The minimum Gasteiger partial charge on any atom is -0.0991 e. The Labute approximate surface area is 91.1 Å². The lowest BCUT2D eigenvalue weighted by molar-refractivity contribution is 0.772. The van der Waals surface area contributed by atoms with Crippen molar-refractivity contribution in [1.82, 2.24) is 0 Å². The number of rotatable bonds is 6. The topological polar surface area (TPSA) is 0 Å². The fourth-order valence-electron chi connectivity index (χ4n) is 1.22. The summed E-state index contributed by atoms with van der Waals surface area (Å²) in [6, 6.07) is 0. The van der Waals surface area contributed by atoms with Gasteiger partial charge in [0.1, 0.15) is 0 Å². The van der Waals surface area contributed by atoms with Crippen LogP contribution in [0.4, 0.5) is 0 Å². The van der Waals surface area contributed by atoms with Crippen molar-refractivity contribution in [1.29, 1.82) is 0 Å². The molecule has 84 valence electrons. The van der Waals surface area contributed by atoms with Crippen LogP contribution in [-0.4, -0.2) is 0 Å². The van der Waals surface area contributed by atoms with Crippen LogP contribution in [0, 0.1) is 0 Å². The van der Waals surface area contributed by atoms with Gasteiger partial charge < -0.3 is 0 Å². The lowest BCUT2D eigenvalue weighted by Crippen LogP contribution is -1.77. The molecule has 0 bridgehead atoms. The molecule has 0 aromatic heterocycles. The predicted molar refractivity (Wildman–Crippen MR) is 68.7 cm³/mol. The van der Waals surface area contributed by atoms with Crippen LogP contribution in [0.5, 0.6) is 0 Å². The summed E-state index contributed by atoms with van der Waals surface area (Å²) < 4.78 is 0. The van der Waals surface area contributed by atoms with E-state index in [0.29, 0.717) is 0 Å². The van der Waals surface area contributed by atoms with E-state index in [2.05, 4.69) is 40.3 Å². The third-order valence-electron chi connectivity index (χ3n) is 2.09. The summed E-state index contributed by atoms with van der Waals surface area (Å²) in [5, 5.41) is 0. The van der Waals surface area contributed by atoms with Crippen molar-refractivity contribution in [2.45, 2.75) is 66.2 Å². The van der Waals surface area contributed by atoms with Crippen LogP contribution in [-0.2, 0) is 0 Å². The van der Waals surface area contributed by atoms with Crippen LogP contribution < -0.4 is 0 Å². The predicted octanol–water partition coefficient (Wildman–Crippen LogP) is 5.51. The molecular formula is C14H28. The van der Waals surface area contributed by atoms with E-state index in [1.54, 1.807) is 0 Å². The summed E-state index contributed by atoms with van der Waals surface area (Å²) in [7, 11) is 0. The highest BCUT2D eigenvalue weighted by molar-refractivity contribution is 5.09. The standard InChI is InChI=1S/C9H16.C5H12/c1-4-7-9(6-3)8-5-2;1-3-5-4-2/h4,7H,1,5-6,8H2,2-3H3;3-5H2,1-2H3/b9-7-;. The van der Waals surface area contributed by atoms with E-state index in [-0.39, 0.29) is 0 Å². The van der Waals surface area contributed by atoms with Crippen LogP contribution in [0.3, 0.4) is 0 Å². The normalized spacial score (nSPS) is 10.4. The molecule has 0 N–H and O–H groups in total. The Morgan fingerprint density at radius 2 is 1.57 bits per heavy atom. The van der Waals surface area contributed by atoms with E-state index in [1.807, 2.05) is 6.08 Å². The molecule has 0 aliphatic rings. The van der Waals surface area contributed by atoms with E-state index in [0.717, 1.165) is 0 Å². The van der Waals surface area contributed by atoms with Gasteiger partial charge in [0.2, 0.25) is 0 Å². The van der Waals surface area contributed by atoms with Gasteiger partial charge in [-0.05, 0) is 12.8 Å². The molecule has 14 heavy (non-hydrogen) atoms. The first-order valence-corrected chi connectivity index (χ1v) is 6.07.